The van der Waals surface area contributed by atoms with Crippen molar-refractivity contribution in [2.24, 2.45) is 0 Å². The third kappa shape index (κ3) is 2.56. The number of carboxylic acid groups (broad SMARTS) is 1. The molecule has 0 radical (unpaired) electrons. The van der Waals surface area contributed by atoms with Crippen LogP contribution in [0.2, 0.25) is 5.15 Å². The van der Waals surface area contributed by atoms with Gasteiger partial charge in [-0.2, -0.15) is 5.10 Å². The average molecular weight is 309 g/mol. The maximum absolute atomic E-state index is 12.4. The van der Waals surface area contributed by atoms with Crippen molar-refractivity contribution in [2.75, 3.05) is 0 Å². The summed E-state index contributed by atoms with van der Waals surface area (Å²) in [6, 6.07) is 4.30. The largest absolute Gasteiger partial charge is 0.480 e. The number of aromatic nitrogens is 4. The first kappa shape index (κ1) is 13.8. The SMILES string of the molecule is O=C(O)C1CCCc2nn(Cc3cccc(Cl)n3)c(=O)n21. The molecule has 3 rings (SSSR count). The fourth-order valence-corrected chi connectivity index (χ4v) is 2.74. The molecule has 110 valence electrons. The first-order valence-corrected chi connectivity index (χ1v) is 6.96. The Morgan fingerprint density at radius 1 is 1.48 bits per heavy atom. The van der Waals surface area contributed by atoms with Gasteiger partial charge in [-0.1, -0.05) is 17.7 Å². The van der Waals surface area contributed by atoms with Crippen molar-refractivity contribution in [3.63, 3.8) is 0 Å². The molecule has 1 N–H and O–H groups in total. The molecule has 1 aliphatic rings. The summed E-state index contributed by atoms with van der Waals surface area (Å²) in [7, 11) is 0. The van der Waals surface area contributed by atoms with Gasteiger partial charge in [0.1, 0.15) is 17.0 Å². The van der Waals surface area contributed by atoms with Gasteiger partial charge in [-0.25, -0.2) is 19.3 Å². The fourth-order valence-electron chi connectivity index (χ4n) is 2.56. The van der Waals surface area contributed by atoms with E-state index in [1.807, 2.05) is 0 Å². The summed E-state index contributed by atoms with van der Waals surface area (Å²) >= 11 is 5.81. The molecule has 3 heterocycles. The predicted octanol–water partition coefficient (Wildman–Crippen LogP) is 1.10. The summed E-state index contributed by atoms with van der Waals surface area (Å²) in [4.78, 5) is 27.7. The molecule has 1 atom stereocenters. The summed E-state index contributed by atoms with van der Waals surface area (Å²) in [5.41, 5.74) is 0.186. The molecule has 7 nitrogen and oxygen atoms in total. The quantitative estimate of drug-likeness (QED) is 0.858. The monoisotopic (exact) mass is 308 g/mol. The smallest absolute Gasteiger partial charge is 0.347 e. The summed E-state index contributed by atoms with van der Waals surface area (Å²) in [6.45, 7) is 0.172. The third-order valence-electron chi connectivity index (χ3n) is 3.50. The van der Waals surface area contributed by atoms with E-state index in [2.05, 4.69) is 10.1 Å². The summed E-state index contributed by atoms with van der Waals surface area (Å²) < 4.78 is 2.52. The van der Waals surface area contributed by atoms with Gasteiger partial charge in [0, 0.05) is 6.42 Å². The van der Waals surface area contributed by atoms with Crippen LogP contribution in [0, 0.1) is 0 Å². The number of aryl methyl sites for hydroxylation is 1. The molecule has 0 amide bonds. The van der Waals surface area contributed by atoms with Gasteiger partial charge in [0.15, 0.2) is 0 Å². The van der Waals surface area contributed by atoms with Crippen LogP contribution in [0.4, 0.5) is 0 Å². The Labute approximate surface area is 124 Å². The minimum Gasteiger partial charge on any atom is -0.480 e. The van der Waals surface area contributed by atoms with Crippen LogP contribution < -0.4 is 5.69 Å². The Hall–Kier alpha value is -2.15. The average Bonchev–Trinajstić information content (AvgIpc) is 2.75. The van der Waals surface area contributed by atoms with E-state index >= 15 is 0 Å². The highest BCUT2D eigenvalue weighted by molar-refractivity contribution is 6.29. The second kappa shape index (κ2) is 5.33. The Morgan fingerprint density at radius 3 is 3.00 bits per heavy atom. The van der Waals surface area contributed by atoms with Crippen LogP contribution in [0.3, 0.4) is 0 Å². The molecule has 0 aromatic carbocycles. The molecule has 0 saturated carbocycles. The van der Waals surface area contributed by atoms with E-state index in [0.29, 0.717) is 35.9 Å². The second-order valence-electron chi connectivity index (χ2n) is 4.92. The maximum atomic E-state index is 12.4. The van der Waals surface area contributed by atoms with E-state index in [9.17, 15) is 14.7 Å². The van der Waals surface area contributed by atoms with Crippen molar-refractivity contribution in [3.8, 4) is 0 Å². The zero-order valence-corrected chi connectivity index (χ0v) is 11.8. The first-order valence-electron chi connectivity index (χ1n) is 6.58. The lowest BCUT2D eigenvalue weighted by molar-refractivity contribution is -0.141. The van der Waals surface area contributed by atoms with E-state index < -0.39 is 17.7 Å². The zero-order chi connectivity index (χ0) is 15.0. The number of rotatable bonds is 3. The highest BCUT2D eigenvalue weighted by Crippen LogP contribution is 2.21. The van der Waals surface area contributed by atoms with Gasteiger partial charge in [0.2, 0.25) is 0 Å². The lowest BCUT2D eigenvalue weighted by Crippen LogP contribution is -2.34. The molecular formula is C13H13ClN4O3. The van der Waals surface area contributed by atoms with Gasteiger partial charge in [-0.15, -0.1) is 0 Å². The van der Waals surface area contributed by atoms with Crippen molar-refractivity contribution in [3.05, 3.63) is 45.4 Å². The lowest BCUT2D eigenvalue weighted by Gasteiger charge is -2.19. The van der Waals surface area contributed by atoms with E-state index in [1.54, 1.807) is 18.2 Å². The molecule has 8 heteroatoms. The van der Waals surface area contributed by atoms with E-state index in [1.165, 1.54) is 9.25 Å². The number of aliphatic carboxylic acids is 1. The second-order valence-corrected chi connectivity index (χ2v) is 5.31. The topological polar surface area (TPSA) is 90.0 Å². The molecule has 0 aliphatic carbocycles. The van der Waals surface area contributed by atoms with Crippen molar-refractivity contribution in [2.45, 2.75) is 31.8 Å². The Morgan fingerprint density at radius 2 is 2.29 bits per heavy atom. The van der Waals surface area contributed by atoms with Gasteiger partial charge in [0.05, 0.1) is 12.2 Å². The number of hydrogen-bond acceptors (Lipinski definition) is 4. The number of carboxylic acids is 1. The molecular weight excluding hydrogens is 296 g/mol. The van der Waals surface area contributed by atoms with Gasteiger partial charge < -0.3 is 5.11 Å². The summed E-state index contributed by atoms with van der Waals surface area (Å²) in [6.07, 6.45) is 1.77. The molecule has 2 aromatic rings. The number of fused-ring (bicyclic) bond motifs is 1. The predicted molar refractivity (Wildman–Crippen MR) is 74.4 cm³/mol. The van der Waals surface area contributed by atoms with Gasteiger partial charge in [-0.3, -0.25) is 4.57 Å². The van der Waals surface area contributed by atoms with Crippen molar-refractivity contribution in [1.29, 1.82) is 0 Å². The van der Waals surface area contributed by atoms with Crippen LogP contribution in [-0.4, -0.2) is 30.4 Å². The molecule has 2 aromatic heterocycles. The highest BCUT2D eigenvalue weighted by Gasteiger charge is 2.30. The Bertz CT molecular complexity index is 752. The standard InChI is InChI=1S/C13H13ClN4O3/c14-10-5-1-3-8(15-10)7-17-13(21)18-9(12(19)20)4-2-6-11(18)16-17/h1,3,5,9H,2,4,6-7H2,(H,19,20). The number of carbonyl (C=O) groups is 1. The third-order valence-corrected chi connectivity index (χ3v) is 3.71. The minimum absolute atomic E-state index is 0.172. The number of halogens is 1. The lowest BCUT2D eigenvalue weighted by atomic mass is 10.1. The van der Waals surface area contributed by atoms with E-state index in [4.69, 9.17) is 11.6 Å². The summed E-state index contributed by atoms with van der Waals surface area (Å²) in [5.74, 6) is -0.487. The molecule has 0 fully saturated rings. The van der Waals surface area contributed by atoms with Crippen LogP contribution in [0.15, 0.2) is 23.0 Å². The normalized spacial score (nSPS) is 17.5. The fraction of sp³-hybridized carbons (Fsp3) is 0.385. The van der Waals surface area contributed by atoms with E-state index in [-0.39, 0.29) is 6.54 Å². The molecule has 0 bridgehead atoms. The van der Waals surface area contributed by atoms with Crippen LogP contribution in [0.25, 0.3) is 0 Å². The number of nitrogens with zero attached hydrogens (tertiary/aromatic N) is 4. The van der Waals surface area contributed by atoms with Crippen molar-refractivity contribution < 1.29 is 9.90 Å². The molecule has 0 spiro atoms. The minimum atomic E-state index is -1.00. The first-order chi connectivity index (χ1) is 10.1. The molecule has 21 heavy (non-hydrogen) atoms. The molecule has 1 aliphatic heterocycles. The maximum Gasteiger partial charge on any atom is 0.347 e. The van der Waals surface area contributed by atoms with Crippen molar-refractivity contribution in [1.82, 2.24) is 19.3 Å². The molecule has 1 unspecified atom stereocenters. The van der Waals surface area contributed by atoms with Crippen LogP contribution in [0.5, 0.6) is 0 Å². The van der Waals surface area contributed by atoms with Crippen molar-refractivity contribution >= 4 is 17.6 Å². The zero-order valence-electron chi connectivity index (χ0n) is 11.1. The van der Waals surface area contributed by atoms with Crippen LogP contribution >= 0.6 is 11.6 Å². The molecule has 0 saturated heterocycles. The Kier molecular flexibility index (Phi) is 3.50. The highest BCUT2D eigenvalue weighted by atomic mass is 35.5. The van der Waals surface area contributed by atoms with Gasteiger partial charge in [-0.05, 0) is 25.0 Å². The van der Waals surface area contributed by atoms with E-state index in [0.717, 1.165) is 0 Å². The summed E-state index contributed by atoms with van der Waals surface area (Å²) in [5, 5.41) is 13.8. The van der Waals surface area contributed by atoms with Gasteiger partial charge >= 0.3 is 11.7 Å². The van der Waals surface area contributed by atoms with Crippen LogP contribution in [0.1, 0.15) is 30.4 Å². The number of pyridine rings is 1. The Balaban J connectivity index is 1.99. The van der Waals surface area contributed by atoms with Crippen LogP contribution in [-0.2, 0) is 17.8 Å². The number of hydrogen-bond donors (Lipinski definition) is 1. The van der Waals surface area contributed by atoms with Gasteiger partial charge in [0.25, 0.3) is 0 Å².